The summed E-state index contributed by atoms with van der Waals surface area (Å²) in [5.74, 6) is 0.959. The second-order valence-corrected chi connectivity index (χ2v) is 5.23. The van der Waals surface area contributed by atoms with E-state index in [0.29, 0.717) is 40.4 Å². The third kappa shape index (κ3) is 2.17. The number of benzene rings is 1. The van der Waals surface area contributed by atoms with Crippen molar-refractivity contribution in [2.24, 2.45) is 0 Å². The number of hydrogen-bond acceptors (Lipinski definition) is 7. The topological polar surface area (TPSA) is 90.6 Å². The van der Waals surface area contributed by atoms with Gasteiger partial charge in [0.1, 0.15) is 19.5 Å². The van der Waals surface area contributed by atoms with Crippen molar-refractivity contribution in [1.82, 2.24) is 19.8 Å². The first-order valence-corrected chi connectivity index (χ1v) is 6.99. The number of ether oxygens (including phenoxy) is 2. The Morgan fingerprint density at radius 1 is 1.29 bits per heavy atom. The van der Waals surface area contributed by atoms with Crippen LogP contribution in [0, 0.1) is 0 Å². The Hall–Kier alpha value is -2.68. The lowest BCUT2D eigenvalue weighted by atomic mass is 10.2. The van der Waals surface area contributed by atoms with Crippen molar-refractivity contribution in [2.45, 2.75) is 0 Å². The molecule has 1 aliphatic heterocycles. The zero-order valence-electron chi connectivity index (χ0n) is 10.6. The third-order valence-corrected chi connectivity index (χ3v) is 3.74. The average molecular weight is 303 g/mol. The van der Waals surface area contributed by atoms with Gasteiger partial charge in [0.05, 0.1) is 0 Å². The van der Waals surface area contributed by atoms with Gasteiger partial charge in [-0.2, -0.15) is 4.52 Å². The predicted molar refractivity (Wildman–Crippen MR) is 74.0 cm³/mol. The number of amides is 1. The molecule has 1 amide bonds. The van der Waals surface area contributed by atoms with Gasteiger partial charge in [-0.1, -0.05) is 11.3 Å². The van der Waals surface area contributed by atoms with Crippen molar-refractivity contribution in [3.63, 3.8) is 0 Å². The maximum absolute atomic E-state index is 12.2. The van der Waals surface area contributed by atoms with Gasteiger partial charge in [-0.25, -0.2) is 0 Å². The third-order valence-electron chi connectivity index (χ3n) is 2.91. The highest BCUT2D eigenvalue weighted by molar-refractivity contribution is 7.20. The van der Waals surface area contributed by atoms with Crippen LogP contribution in [0.15, 0.2) is 24.5 Å². The van der Waals surface area contributed by atoms with Crippen LogP contribution in [-0.4, -0.2) is 38.9 Å². The summed E-state index contributed by atoms with van der Waals surface area (Å²) in [7, 11) is 0. The highest BCUT2D eigenvalue weighted by atomic mass is 32.1. The van der Waals surface area contributed by atoms with E-state index in [0.717, 1.165) is 0 Å². The van der Waals surface area contributed by atoms with E-state index in [9.17, 15) is 4.79 Å². The van der Waals surface area contributed by atoms with Gasteiger partial charge in [-0.3, -0.25) is 10.1 Å². The standard InChI is InChI=1S/C12H9N5O3S/c18-10(14-11-16-17-6-13-15-12(17)21-11)7-1-2-8-9(5-7)20-4-3-19-8/h1-2,5-6H,3-4H2,(H,14,16,18). The smallest absolute Gasteiger partial charge is 0.257 e. The summed E-state index contributed by atoms with van der Waals surface area (Å²) in [6.07, 6.45) is 1.48. The molecule has 0 atom stereocenters. The van der Waals surface area contributed by atoms with Crippen molar-refractivity contribution in [2.75, 3.05) is 18.5 Å². The first-order valence-electron chi connectivity index (χ1n) is 6.17. The monoisotopic (exact) mass is 303 g/mol. The number of anilines is 1. The van der Waals surface area contributed by atoms with Crippen LogP contribution in [0.4, 0.5) is 5.13 Å². The Labute approximate surface area is 122 Å². The molecule has 0 saturated carbocycles. The van der Waals surface area contributed by atoms with Crippen LogP contribution < -0.4 is 14.8 Å². The van der Waals surface area contributed by atoms with E-state index in [-0.39, 0.29) is 5.91 Å². The highest BCUT2D eigenvalue weighted by Gasteiger charge is 2.16. The van der Waals surface area contributed by atoms with E-state index in [1.54, 1.807) is 18.2 Å². The zero-order chi connectivity index (χ0) is 14.2. The van der Waals surface area contributed by atoms with E-state index in [1.165, 1.54) is 22.2 Å². The van der Waals surface area contributed by atoms with Crippen LogP contribution >= 0.6 is 11.3 Å². The number of carbonyl (C=O) groups excluding carboxylic acids is 1. The van der Waals surface area contributed by atoms with Crippen LogP contribution in [0.3, 0.4) is 0 Å². The molecule has 0 saturated heterocycles. The van der Waals surface area contributed by atoms with Crippen molar-refractivity contribution in [1.29, 1.82) is 0 Å². The van der Waals surface area contributed by atoms with Crippen LogP contribution in [0.2, 0.25) is 0 Å². The van der Waals surface area contributed by atoms with Gasteiger partial charge in [0.2, 0.25) is 10.1 Å². The number of aromatic nitrogens is 4. The molecule has 0 fully saturated rings. The number of carbonyl (C=O) groups is 1. The molecule has 0 spiro atoms. The number of hydrogen-bond donors (Lipinski definition) is 1. The quantitative estimate of drug-likeness (QED) is 0.765. The first kappa shape index (κ1) is 12.1. The lowest BCUT2D eigenvalue weighted by molar-refractivity contribution is 0.102. The summed E-state index contributed by atoms with van der Waals surface area (Å²) in [5, 5.41) is 14.9. The molecule has 8 nitrogen and oxygen atoms in total. The molecule has 1 N–H and O–H groups in total. The van der Waals surface area contributed by atoms with Crippen molar-refractivity contribution < 1.29 is 14.3 Å². The largest absolute Gasteiger partial charge is 0.486 e. The van der Waals surface area contributed by atoms with Gasteiger partial charge in [-0.05, 0) is 18.2 Å². The average Bonchev–Trinajstić information content (AvgIpc) is 3.08. The Kier molecular flexibility index (Phi) is 2.71. The summed E-state index contributed by atoms with van der Waals surface area (Å²) < 4.78 is 12.4. The summed E-state index contributed by atoms with van der Waals surface area (Å²) in [6.45, 7) is 1.00. The molecule has 3 aromatic rings. The molecule has 4 rings (SSSR count). The minimum Gasteiger partial charge on any atom is -0.486 e. The molecular weight excluding hydrogens is 294 g/mol. The van der Waals surface area contributed by atoms with E-state index >= 15 is 0 Å². The molecule has 106 valence electrons. The zero-order valence-corrected chi connectivity index (χ0v) is 11.5. The maximum Gasteiger partial charge on any atom is 0.257 e. The van der Waals surface area contributed by atoms with Crippen LogP contribution in [0.25, 0.3) is 4.96 Å². The van der Waals surface area contributed by atoms with Crippen molar-refractivity contribution in [3.05, 3.63) is 30.1 Å². The summed E-state index contributed by atoms with van der Waals surface area (Å²) in [5.41, 5.74) is 0.477. The maximum atomic E-state index is 12.2. The van der Waals surface area contributed by atoms with Gasteiger partial charge >= 0.3 is 0 Å². The molecule has 0 aliphatic carbocycles. The lowest BCUT2D eigenvalue weighted by Gasteiger charge is -2.18. The van der Waals surface area contributed by atoms with Gasteiger partial charge < -0.3 is 9.47 Å². The molecule has 21 heavy (non-hydrogen) atoms. The van der Waals surface area contributed by atoms with Gasteiger partial charge in [-0.15, -0.1) is 15.3 Å². The first-order chi connectivity index (χ1) is 10.3. The van der Waals surface area contributed by atoms with E-state index in [1.807, 2.05) is 0 Å². The Morgan fingerprint density at radius 3 is 3.00 bits per heavy atom. The number of rotatable bonds is 2. The molecule has 1 aromatic carbocycles. The van der Waals surface area contributed by atoms with Gasteiger partial charge in [0.15, 0.2) is 11.5 Å². The Balaban J connectivity index is 1.58. The van der Waals surface area contributed by atoms with E-state index < -0.39 is 0 Å². The Morgan fingerprint density at radius 2 is 2.14 bits per heavy atom. The van der Waals surface area contributed by atoms with E-state index in [4.69, 9.17) is 9.47 Å². The molecule has 0 bridgehead atoms. The van der Waals surface area contributed by atoms with Gasteiger partial charge in [0, 0.05) is 5.56 Å². The summed E-state index contributed by atoms with van der Waals surface area (Å²) in [6, 6.07) is 5.06. The molecule has 0 unspecified atom stereocenters. The van der Waals surface area contributed by atoms with Gasteiger partial charge in [0.25, 0.3) is 5.91 Å². The molecule has 1 aliphatic rings. The highest BCUT2D eigenvalue weighted by Crippen LogP contribution is 2.31. The van der Waals surface area contributed by atoms with Crippen LogP contribution in [0.5, 0.6) is 11.5 Å². The second kappa shape index (κ2) is 4.70. The fourth-order valence-electron chi connectivity index (χ4n) is 1.96. The fraction of sp³-hybridized carbons (Fsp3) is 0.167. The number of fused-ring (bicyclic) bond motifs is 2. The Bertz CT molecular complexity index is 799. The molecular formula is C12H9N5O3S. The van der Waals surface area contributed by atoms with Crippen LogP contribution in [-0.2, 0) is 0 Å². The van der Waals surface area contributed by atoms with E-state index in [2.05, 4.69) is 20.6 Å². The fourth-order valence-corrected chi connectivity index (χ4v) is 2.68. The second-order valence-electron chi connectivity index (χ2n) is 4.28. The normalized spacial score (nSPS) is 13.3. The van der Waals surface area contributed by atoms with Crippen LogP contribution in [0.1, 0.15) is 10.4 Å². The molecule has 0 radical (unpaired) electrons. The minimum atomic E-state index is -0.267. The molecule has 2 aromatic heterocycles. The summed E-state index contributed by atoms with van der Waals surface area (Å²) >= 11 is 1.25. The van der Waals surface area contributed by atoms with Crippen molar-refractivity contribution in [3.8, 4) is 11.5 Å². The lowest BCUT2D eigenvalue weighted by Crippen LogP contribution is -2.17. The molecule has 9 heteroatoms. The molecule has 3 heterocycles. The predicted octanol–water partition coefficient (Wildman–Crippen LogP) is 1.21. The minimum absolute atomic E-state index is 0.267. The number of nitrogens with one attached hydrogen (secondary N) is 1. The summed E-state index contributed by atoms with van der Waals surface area (Å²) in [4.78, 5) is 12.8. The van der Waals surface area contributed by atoms with Crippen molar-refractivity contribution >= 4 is 27.3 Å². The number of nitrogens with zero attached hydrogens (tertiary/aromatic N) is 4. The SMILES string of the molecule is O=C(Nc1nn2cnnc2s1)c1ccc2c(c1)OCCO2.